The van der Waals surface area contributed by atoms with Gasteiger partial charge < -0.3 is 25.5 Å². The molecule has 3 amide bonds. The highest BCUT2D eigenvalue weighted by Crippen LogP contribution is 2.30. The van der Waals surface area contributed by atoms with Gasteiger partial charge in [0, 0.05) is 18.9 Å². The van der Waals surface area contributed by atoms with Crippen LogP contribution in [0.1, 0.15) is 70.8 Å². The van der Waals surface area contributed by atoms with Gasteiger partial charge in [-0.1, -0.05) is 63.4 Å². The number of amides is 3. The van der Waals surface area contributed by atoms with Crippen molar-refractivity contribution in [3.63, 3.8) is 0 Å². The van der Waals surface area contributed by atoms with Crippen molar-refractivity contribution in [2.45, 2.75) is 89.8 Å². The van der Waals surface area contributed by atoms with Crippen LogP contribution in [-0.4, -0.2) is 48.9 Å². The van der Waals surface area contributed by atoms with Gasteiger partial charge in [0.1, 0.15) is 18.4 Å². The van der Waals surface area contributed by atoms with Crippen LogP contribution in [0.15, 0.2) is 30.3 Å². The fraction of sp³-hybridized carbons (Fsp3) is 0.643. The smallest absolute Gasteiger partial charge is 0.408 e. The van der Waals surface area contributed by atoms with E-state index in [1.807, 2.05) is 44.2 Å². The summed E-state index contributed by atoms with van der Waals surface area (Å²) in [5, 5.41) is 8.24. The minimum atomic E-state index is -0.832. The van der Waals surface area contributed by atoms with Crippen LogP contribution < -0.4 is 16.0 Å². The van der Waals surface area contributed by atoms with Crippen molar-refractivity contribution >= 4 is 24.2 Å². The molecule has 2 aliphatic rings. The van der Waals surface area contributed by atoms with Crippen LogP contribution in [0.5, 0.6) is 0 Å². The zero-order valence-corrected chi connectivity index (χ0v) is 21.5. The number of rotatable bonds is 12. The van der Waals surface area contributed by atoms with Crippen LogP contribution in [0, 0.1) is 17.8 Å². The number of hydrogen-bond acceptors (Lipinski definition) is 5. The summed E-state index contributed by atoms with van der Waals surface area (Å²) in [6.45, 7) is 4.51. The number of hydrogen-bond donors (Lipinski definition) is 3. The molecular weight excluding hydrogens is 458 g/mol. The van der Waals surface area contributed by atoms with Gasteiger partial charge in [-0.3, -0.25) is 9.59 Å². The third-order valence-corrected chi connectivity index (χ3v) is 7.22. The van der Waals surface area contributed by atoms with Gasteiger partial charge in [-0.05, 0) is 49.5 Å². The Labute approximate surface area is 214 Å². The van der Waals surface area contributed by atoms with Crippen molar-refractivity contribution in [3.8, 4) is 0 Å². The summed E-state index contributed by atoms with van der Waals surface area (Å²) < 4.78 is 5.96. The monoisotopic (exact) mass is 499 g/mol. The molecule has 2 fully saturated rings. The molecule has 1 saturated carbocycles. The van der Waals surface area contributed by atoms with Crippen LogP contribution in [0.4, 0.5) is 4.79 Å². The predicted octanol–water partition coefficient (Wildman–Crippen LogP) is 3.53. The van der Waals surface area contributed by atoms with Crippen LogP contribution in [0.25, 0.3) is 0 Å². The number of carbonyl (C=O) groups excluding carboxylic acids is 4. The molecule has 36 heavy (non-hydrogen) atoms. The molecule has 1 aliphatic heterocycles. The number of ether oxygens (including phenoxy) is 1. The maximum atomic E-state index is 13.1. The second-order valence-electron chi connectivity index (χ2n) is 10.6. The summed E-state index contributed by atoms with van der Waals surface area (Å²) in [5.74, 6) is -0.401. The largest absolute Gasteiger partial charge is 0.446 e. The van der Waals surface area contributed by atoms with Crippen molar-refractivity contribution in [1.82, 2.24) is 16.0 Å². The first kappa shape index (κ1) is 27.7. The van der Waals surface area contributed by atoms with Crippen molar-refractivity contribution in [1.29, 1.82) is 0 Å². The molecule has 198 valence electrons. The van der Waals surface area contributed by atoms with Crippen LogP contribution in [0.2, 0.25) is 0 Å². The van der Waals surface area contributed by atoms with E-state index >= 15 is 0 Å². The first-order valence-electron chi connectivity index (χ1n) is 13.4. The van der Waals surface area contributed by atoms with E-state index in [2.05, 4.69) is 16.0 Å². The molecule has 1 aromatic carbocycles. The SMILES string of the molecule is CC(C)C[C@H](NC(=O)OC(Cc1ccccc1)C1CCCCC1)C(=O)N[C@H](C=O)C[C@@H]1CCNC1=O. The fourth-order valence-corrected chi connectivity index (χ4v) is 5.28. The van der Waals surface area contributed by atoms with E-state index in [0.29, 0.717) is 38.0 Å². The molecular formula is C28H41N3O5. The number of alkyl carbamates (subject to hydrolysis) is 1. The van der Waals surface area contributed by atoms with Crippen molar-refractivity contribution < 1.29 is 23.9 Å². The molecule has 8 nitrogen and oxygen atoms in total. The lowest BCUT2D eigenvalue weighted by Gasteiger charge is -2.31. The highest BCUT2D eigenvalue weighted by atomic mass is 16.6. The van der Waals surface area contributed by atoms with Gasteiger partial charge >= 0.3 is 6.09 Å². The Kier molecular flexibility index (Phi) is 10.8. The van der Waals surface area contributed by atoms with Crippen LogP contribution in [-0.2, 0) is 25.5 Å². The highest BCUT2D eigenvalue weighted by molar-refractivity contribution is 5.88. The summed E-state index contributed by atoms with van der Waals surface area (Å²) in [5.41, 5.74) is 1.11. The summed E-state index contributed by atoms with van der Waals surface area (Å²) in [6, 6.07) is 8.39. The van der Waals surface area contributed by atoms with Crippen molar-refractivity contribution in [2.75, 3.05) is 6.54 Å². The average Bonchev–Trinajstić information content (AvgIpc) is 3.27. The average molecular weight is 500 g/mol. The number of benzene rings is 1. The molecule has 1 heterocycles. The quantitative estimate of drug-likeness (QED) is 0.381. The Morgan fingerprint density at radius 3 is 2.42 bits per heavy atom. The van der Waals surface area contributed by atoms with Gasteiger partial charge in [0.05, 0.1) is 6.04 Å². The molecule has 0 spiro atoms. The molecule has 3 N–H and O–H groups in total. The zero-order valence-electron chi connectivity index (χ0n) is 21.5. The van der Waals surface area contributed by atoms with Gasteiger partial charge in [0.15, 0.2) is 0 Å². The lowest BCUT2D eigenvalue weighted by molar-refractivity contribution is -0.127. The molecule has 1 unspecified atom stereocenters. The predicted molar refractivity (Wildman–Crippen MR) is 137 cm³/mol. The topological polar surface area (TPSA) is 114 Å². The lowest BCUT2D eigenvalue weighted by atomic mass is 9.83. The van der Waals surface area contributed by atoms with E-state index in [-0.39, 0.29) is 30.3 Å². The normalized spacial score (nSPS) is 20.8. The van der Waals surface area contributed by atoms with Crippen molar-refractivity contribution in [3.05, 3.63) is 35.9 Å². The second-order valence-corrected chi connectivity index (χ2v) is 10.6. The molecule has 0 radical (unpaired) electrons. The molecule has 0 bridgehead atoms. The van der Waals surface area contributed by atoms with Crippen LogP contribution >= 0.6 is 0 Å². The van der Waals surface area contributed by atoms with E-state index in [1.54, 1.807) is 0 Å². The van der Waals surface area contributed by atoms with Gasteiger partial charge in [-0.25, -0.2) is 4.79 Å². The van der Waals surface area contributed by atoms with E-state index in [9.17, 15) is 19.2 Å². The summed E-state index contributed by atoms with van der Waals surface area (Å²) in [4.78, 5) is 49.6. The third kappa shape index (κ3) is 8.64. The second kappa shape index (κ2) is 14.0. The Morgan fingerprint density at radius 2 is 1.81 bits per heavy atom. The number of aldehydes is 1. The molecule has 1 saturated heterocycles. The highest BCUT2D eigenvalue weighted by Gasteiger charge is 2.32. The first-order chi connectivity index (χ1) is 17.4. The van der Waals surface area contributed by atoms with Gasteiger partial charge in [-0.15, -0.1) is 0 Å². The first-order valence-corrected chi connectivity index (χ1v) is 13.4. The van der Waals surface area contributed by atoms with E-state index in [4.69, 9.17) is 4.74 Å². The molecule has 0 aromatic heterocycles. The maximum Gasteiger partial charge on any atom is 0.408 e. The van der Waals surface area contributed by atoms with Gasteiger partial charge in [0.25, 0.3) is 0 Å². The molecule has 1 aromatic rings. The molecule has 3 rings (SSSR count). The number of nitrogens with one attached hydrogen (secondary N) is 3. The minimum Gasteiger partial charge on any atom is -0.446 e. The summed E-state index contributed by atoms with van der Waals surface area (Å²) >= 11 is 0. The van der Waals surface area contributed by atoms with E-state index in [0.717, 1.165) is 31.2 Å². The van der Waals surface area contributed by atoms with E-state index < -0.39 is 24.1 Å². The van der Waals surface area contributed by atoms with Gasteiger partial charge in [0.2, 0.25) is 11.8 Å². The third-order valence-electron chi connectivity index (χ3n) is 7.22. The Balaban J connectivity index is 1.63. The summed E-state index contributed by atoms with van der Waals surface area (Å²) in [6.07, 6.45) is 7.23. The zero-order chi connectivity index (χ0) is 25.9. The molecule has 8 heteroatoms. The molecule has 4 atom stereocenters. The summed E-state index contributed by atoms with van der Waals surface area (Å²) in [7, 11) is 0. The van der Waals surface area contributed by atoms with E-state index in [1.165, 1.54) is 6.42 Å². The number of carbonyl (C=O) groups is 4. The van der Waals surface area contributed by atoms with Gasteiger partial charge in [-0.2, -0.15) is 0 Å². The maximum absolute atomic E-state index is 13.1. The Hall–Kier alpha value is -2.90. The minimum absolute atomic E-state index is 0.0938. The Morgan fingerprint density at radius 1 is 1.08 bits per heavy atom. The van der Waals surface area contributed by atoms with Crippen molar-refractivity contribution in [2.24, 2.45) is 17.8 Å². The Bertz CT molecular complexity index is 869. The fourth-order valence-electron chi connectivity index (χ4n) is 5.28. The molecule has 1 aliphatic carbocycles. The standard InChI is InChI=1S/C28H41N3O5/c1-19(2)15-24(27(34)30-23(18-32)17-22-13-14-29-26(22)33)31-28(35)36-25(21-11-7-4-8-12-21)16-20-9-5-3-6-10-20/h3,5-6,9-10,18-19,21-25H,4,7-8,11-17H2,1-2H3,(H,29,33)(H,30,34)(H,31,35)/t22-,23-,24-,25?/m0/s1. The van der Waals surface area contributed by atoms with Crippen LogP contribution in [0.3, 0.4) is 0 Å². The lowest BCUT2D eigenvalue weighted by Crippen LogP contribution is -2.51.